The molecule has 3 nitrogen and oxygen atoms in total. The predicted octanol–water partition coefficient (Wildman–Crippen LogP) is 4.74. The van der Waals surface area contributed by atoms with Gasteiger partial charge in [-0.25, -0.2) is 9.37 Å². The van der Waals surface area contributed by atoms with E-state index in [1.54, 1.807) is 12.3 Å². The number of phenolic OH excluding ortho intramolecular Hbond substituents is 1. The van der Waals surface area contributed by atoms with Crippen molar-refractivity contribution in [2.24, 2.45) is 0 Å². The molecule has 0 unspecified atom stereocenters. The van der Waals surface area contributed by atoms with Crippen LogP contribution in [0.3, 0.4) is 0 Å². The van der Waals surface area contributed by atoms with E-state index in [0.717, 1.165) is 27.7 Å². The molecule has 0 amide bonds. The molecule has 0 saturated carbocycles. The van der Waals surface area contributed by atoms with Gasteiger partial charge in [0.25, 0.3) is 0 Å². The van der Waals surface area contributed by atoms with Gasteiger partial charge in [0, 0.05) is 28.9 Å². The Hall–Kier alpha value is -3.14. The predicted molar refractivity (Wildman–Crippen MR) is 88.6 cm³/mol. The minimum Gasteiger partial charge on any atom is -0.505 e. The number of phenols is 1. The van der Waals surface area contributed by atoms with Gasteiger partial charge in [-0.2, -0.15) is 0 Å². The third kappa shape index (κ3) is 2.34. The maximum absolute atomic E-state index is 13.6. The first kappa shape index (κ1) is 13.5. The second-order valence-electron chi connectivity index (χ2n) is 5.35. The number of halogens is 1. The minimum atomic E-state index is -0.635. The summed E-state index contributed by atoms with van der Waals surface area (Å²) < 4.78 is 13.6. The number of aromatic amines is 1. The van der Waals surface area contributed by atoms with Gasteiger partial charge in [-0.3, -0.25) is 0 Å². The van der Waals surface area contributed by atoms with Gasteiger partial charge in [0.05, 0.1) is 0 Å². The van der Waals surface area contributed by atoms with Gasteiger partial charge < -0.3 is 10.1 Å². The molecule has 4 aromatic rings. The molecule has 2 aromatic heterocycles. The number of hydrogen-bond donors (Lipinski definition) is 2. The van der Waals surface area contributed by atoms with Gasteiger partial charge in [-0.1, -0.05) is 36.4 Å². The lowest BCUT2D eigenvalue weighted by atomic mass is 10.0. The Morgan fingerprint density at radius 3 is 2.52 bits per heavy atom. The summed E-state index contributed by atoms with van der Waals surface area (Å²) >= 11 is 0. The van der Waals surface area contributed by atoms with Gasteiger partial charge >= 0.3 is 0 Å². The van der Waals surface area contributed by atoms with Gasteiger partial charge in [0.15, 0.2) is 11.6 Å². The third-order valence-electron chi connectivity index (χ3n) is 3.90. The highest BCUT2D eigenvalue weighted by Gasteiger charge is 2.11. The van der Waals surface area contributed by atoms with Crippen molar-refractivity contribution in [1.82, 2.24) is 9.97 Å². The number of hydrogen-bond acceptors (Lipinski definition) is 2. The molecule has 4 heteroatoms. The first-order valence-corrected chi connectivity index (χ1v) is 7.24. The van der Waals surface area contributed by atoms with Crippen molar-refractivity contribution in [2.75, 3.05) is 0 Å². The SMILES string of the molecule is Oc1ccc(-c2c[nH]c3ncc(-c4ccccc4)cc23)cc1F. The zero-order chi connectivity index (χ0) is 15.8. The minimum absolute atomic E-state index is 0.350. The highest BCUT2D eigenvalue weighted by Crippen LogP contribution is 2.32. The molecule has 0 aliphatic rings. The lowest BCUT2D eigenvalue weighted by Gasteiger charge is -2.04. The zero-order valence-corrected chi connectivity index (χ0v) is 12.1. The summed E-state index contributed by atoms with van der Waals surface area (Å²) in [6, 6.07) is 16.4. The topological polar surface area (TPSA) is 48.9 Å². The number of H-pyrrole nitrogens is 1. The lowest BCUT2D eigenvalue weighted by Crippen LogP contribution is -1.83. The Labute approximate surface area is 132 Å². The summed E-state index contributed by atoms with van der Waals surface area (Å²) in [6.45, 7) is 0. The first-order valence-electron chi connectivity index (χ1n) is 7.24. The van der Waals surface area contributed by atoms with E-state index in [-0.39, 0.29) is 5.75 Å². The molecule has 0 aliphatic heterocycles. The van der Waals surface area contributed by atoms with E-state index in [4.69, 9.17) is 0 Å². The average Bonchev–Trinajstić information content (AvgIpc) is 3.01. The summed E-state index contributed by atoms with van der Waals surface area (Å²) in [5.74, 6) is -0.985. The van der Waals surface area contributed by atoms with Gasteiger partial charge in [-0.15, -0.1) is 0 Å². The third-order valence-corrected chi connectivity index (χ3v) is 3.90. The van der Waals surface area contributed by atoms with Crippen LogP contribution in [0.15, 0.2) is 67.0 Å². The standard InChI is InChI=1S/C19H13FN2O/c20-17-9-13(6-7-18(17)23)16-11-22-19-15(16)8-14(10-21-19)12-4-2-1-3-5-12/h1-11,23H,(H,21,22). The molecule has 4 rings (SSSR count). The van der Waals surface area contributed by atoms with E-state index >= 15 is 0 Å². The molecule has 0 fully saturated rings. The highest BCUT2D eigenvalue weighted by molar-refractivity contribution is 5.95. The number of benzene rings is 2. The Balaban J connectivity index is 1.89. The molecule has 23 heavy (non-hydrogen) atoms. The fourth-order valence-corrected chi connectivity index (χ4v) is 2.71. The van der Waals surface area contributed by atoms with Crippen LogP contribution in [-0.4, -0.2) is 15.1 Å². The van der Waals surface area contributed by atoms with Crippen molar-refractivity contribution < 1.29 is 9.50 Å². The van der Waals surface area contributed by atoms with Crippen molar-refractivity contribution >= 4 is 11.0 Å². The lowest BCUT2D eigenvalue weighted by molar-refractivity contribution is 0.432. The molecule has 0 bridgehead atoms. The van der Waals surface area contributed by atoms with Crippen LogP contribution in [0.25, 0.3) is 33.3 Å². The number of fused-ring (bicyclic) bond motifs is 1. The van der Waals surface area contributed by atoms with Crippen molar-refractivity contribution in [1.29, 1.82) is 0 Å². The van der Waals surface area contributed by atoms with Crippen molar-refractivity contribution in [3.63, 3.8) is 0 Å². The van der Waals surface area contributed by atoms with Crippen LogP contribution in [0.1, 0.15) is 0 Å². The molecule has 0 saturated heterocycles. The van der Waals surface area contributed by atoms with E-state index in [1.165, 1.54) is 12.1 Å². The van der Waals surface area contributed by atoms with E-state index in [2.05, 4.69) is 9.97 Å². The fourth-order valence-electron chi connectivity index (χ4n) is 2.71. The van der Waals surface area contributed by atoms with Crippen LogP contribution >= 0.6 is 0 Å². The molecule has 0 atom stereocenters. The maximum Gasteiger partial charge on any atom is 0.165 e. The fraction of sp³-hybridized carbons (Fsp3) is 0. The number of aromatic nitrogens is 2. The van der Waals surface area contributed by atoms with Crippen LogP contribution in [0.2, 0.25) is 0 Å². The quantitative estimate of drug-likeness (QED) is 0.562. The van der Waals surface area contributed by atoms with E-state index < -0.39 is 5.82 Å². The van der Waals surface area contributed by atoms with Crippen molar-refractivity contribution in [2.45, 2.75) is 0 Å². The number of rotatable bonds is 2. The molecule has 112 valence electrons. The summed E-state index contributed by atoms with van der Waals surface area (Å²) in [5.41, 5.74) is 4.36. The summed E-state index contributed by atoms with van der Waals surface area (Å²) in [4.78, 5) is 7.55. The molecule has 0 radical (unpaired) electrons. The molecular formula is C19H13FN2O. The second-order valence-corrected chi connectivity index (χ2v) is 5.35. The Morgan fingerprint density at radius 1 is 0.913 bits per heavy atom. The Kier molecular flexibility index (Phi) is 3.08. The second kappa shape index (κ2) is 5.25. The van der Waals surface area contributed by atoms with Crippen LogP contribution < -0.4 is 0 Å². The first-order chi connectivity index (χ1) is 11.2. The van der Waals surface area contributed by atoms with Crippen LogP contribution in [0.4, 0.5) is 4.39 Å². The number of nitrogens with zero attached hydrogens (tertiary/aromatic N) is 1. The van der Waals surface area contributed by atoms with Gasteiger partial charge in [0.2, 0.25) is 0 Å². The van der Waals surface area contributed by atoms with Crippen molar-refractivity contribution in [3.05, 3.63) is 72.8 Å². The number of pyridine rings is 1. The molecule has 2 aromatic carbocycles. The maximum atomic E-state index is 13.6. The van der Waals surface area contributed by atoms with E-state index in [9.17, 15) is 9.50 Å². The summed E-state index contributed by atoms with van der Waals surface area (Å²) in [7, 11) is 0. The molecule has 0 aliphatic carbocycles. The number of aromatic hydroxyl groups is 1. The molecule has 2 heterocycles. The van der Waals surface area contributed by atoms with Crippen LogP contribution in [0.5, 0.6) is 5.75 Å². The molecule has 0 spiro atoms. The van der Waals surface area contributed by atoms with Crippen LogP contribution in [0, 0.1) is 5.82 Å². The summed E-state index contributed by atoms with van der Waals surface area (Å²) in [5, 5.41) is 10.3. The van der Waals surface area contributed by atoms with Crippen LogP contribution in [-0.2, 0) is 0 Å². The summed E-state index contributed by atoms with van der Waals surface area (Å²) in [6.07, 6.45) is 3.62. The number of nitrogens with one attached hydrogen (secondary N) is 1. The largest absolute Gasteiger partial charge is 0.505 e. The van der Waals surface area contributed by atoms with Gasteiger partial charge in [-0.05, 0) is 29.3 Å². The Morgan fingerprint density at radius 2 is 1.74 bits per heavy atom. The van der Waals surface area contributed by atoms with E-state index in [1.807, 2.05) is 42.6 Å². The average molecular weight is 304 g/mol. The highest BCUT2D eigenvalue weighted by atomic mass is 19.1. The monoisotopic (exact) mass is 304 g/mol. The van der Waals surface area contributed by atoms with Gasteiger partial charge in [0.1, 0.15) is 5.65 Å². The molecule has 2 N–H and O–H groups in total. The normalized spacial score (nSPS) is 11.0. The van der Waals surface area contributed by atoms with Crippen molar-refractivity contribution in [3.8, 4) is 28.0 Å². The van der Waals surface area contributed by atoms with E-state index in [0.29, 0.717) is 5.56 Å². The zero-order valence-electron chi connectivity index (χ0n) is 12.1. The smallest absolute Gasteiger partial charge is 0.165 e. The Bertz CT molecular complexity index is 993. The molecular weight excluding hydrogens is 291 g/mol.